The lowest BCUT2D eigenvalue weighted by Gasteiger charge is -2.24. The Morgan fingerprint density at radius 1 is 1.10 bits per heavy atom. The van der Waals surface area contributed by atoms with Crippen LogP contribution in [-0.4, -0.2) is 43.1 Å². The molecular weight excluding hydrogens is 460 g/mol. The Morgan fingerprint density at radius 2 is 1.83 bits per heavy atom. The topological polar surface area (TPSA) is 77.8 Å². The fourth-order valence-corrected chi connectivity index (χ4v) is 2.65. The number of halogens is 4. The second-order valence-corrected chi connectivity index (χ2v) is 8.28. The summed E-state index contributed by atoms with van der Waals surface area (Å²) in [5.41, 5.74) is 0.849. The minimum Gasteiger partial charge on any atom is -0.491 e. The molecule has 30 heavy (non-hydrogen) atoms. The summed E-state index contributed by atoms with van der Waals surface area (Å²) in [5.74, 6) is -1.51. The van der Waals surface area contributed by atoms with E-state index in [0.717, 1.165) is 0 Å². The van der Waals surface area contributed by atoms with Gasteiger partial charge in [0.2, 0.25) is 5.90 Å². The average molecular weight is 479 g/mol. The number of methoxy groups -OCH3 is 2. The molecule has 0 heterocycles. The highest BCUT2D eigenvalue weighted by Gasteiger charge is 2.32. The number of benzene rings is 2. The molecule has 1 atom stereocenters. The summed E-state index contributed by atoms with van der Waals surface area (Å²) in [5, 5.41) is 7.94. The lowest BCUT2D eigenvalue weighted by atomic mass is 9.98. The minimum atomic E-state index is -2.14. The number of carbonyl (C=O) groups excluding carboxylic acids is 1. The first kappa shape index (κ1) is 24.2. The Labute approximate surface area is 188 Å². The zero-order chi connectivity index (χ0) is 22.3. The van der Waals surface area contributed by atoms with E-state index < -0.39 is 27.6 Å². The van der Waals surface area contributed by atoms with E-state index in [9.17, 15) is 9.18 Å². The molecule has 1 unspecified atom stereocenters. The molecule has 0 spiro atoms. The van der Waals surface area contributed by atoms with Crippen molar-refractivity contribution in [1.29, 1.82) is 5.41 Å². The molecule has 0 aromatic heterocycles. The number of hydrogen-bond donors (Lipinski definition) is 1. The van der Waals surface area contributed by atoms with Crippen LogP contribution in [0.1, 0.15) is 27.6 Å². The fraction of sp³-hybridized carbons (Fsp3) is 0.300. The number of hydrogen-bond acceptors (Lipinski definition) is 6. The van der Waals surface area contributed by atoms with Crippen LogP contribution in [0, 0.1) is 11.2 Å². The van der Waals surface area contributed by atoms with Gasteiger partial charge in [-0.15, -0.1) is 0 Å². The van der Waals surface area contributed by atoms with Crippen LogP contribution in [0.15, 0.2) is 42.5 Å². The largest absolute Gasteiger partial charge is 0.491 e. The molecule has 2 aromatic carbocycles. The summed E-state index contributed by atoms with van der Waals surface area (Å²) < 4.78 is 32.7. The molecule has 6 nitrogen and oxygen atoms in total. The van der Waals surface area contributed by atoms with E-state index in [4.69, 9.17) is 59.2 Å². The first-order valence-corrected chi connectivity index (χ1v) is 9.72. The van der Waals surface area contributed by atoms with Crippen LogP contribution in [0.4, 0.5) is 4.39 Å². The van der Waals surface area contributed by atoms with Gasteiger partial charge in [0, 0.05) is 12.7 Å². The second-order valence-electron chi connectivity index (χ2n) is 6.00. The Hall–Kier alpha value is -2.06. The molecular formula is C20H19Cl3FNO5. The maximum atomic E-state index is 13.9. The third-order valence-electron chi connectivity index (χ3n) is 3.85. The van der Waals surface area contributed by atoms with Crippen molar-refractivity contribution < 1.29 is 28.1 Å². The summed E-state index contributed by atoms with van der Waals surface area (Å²) in [4.78, 5) is 12.1. The number of carbonyl (C=O) groups is 1. The lowest BCUT2D eigenvalue weighted by molar-refractivity contribution is 0.0599. The highest BCUT2D eigenvalue weighted by Crippen LogP contribution is 2.35. The van der Waals surface area contributed by atoms with Crippen LogP contribution in [0.5, 0.6) is 5.75 Å². The Kier molecular flexibility index (Phi) is 8.73. The fourth-order valence-electron chi connectivity index (χ4n) is 2.52. The first-order chi connectivity index (χ1) is 14.2. The average Bonchev–Trinajstić information content (AvgIpc) is 2.70. The van der Waals surface area contributed by atoms with Gasteiger partial charge in [0.1, 0.15) is 18.2 Å². The van der Waals surface area contributed by atoms with Gasteiger partial charge in [-0.3, -0.25) is 5.41 Å². The summed E-state index contributed by atoms with van der Waals surface area (Å²) in [7, 11) is 2.76. The van der Waals surface area contributed by atoms with Crippen molar-refractivity contribution in [2.45, 2.75) is 9.90 Å². The number of nitrogens with one attached hydrogen (secondary N) is 1. The minimum absolute atomic E-state index is 0.160. The smallest absolute Gasteiger partial charge is 0.337 e. The number of rotatable bonds is 8. The predicted octanol–water partition coefficient (Wildman–Crippen LogP) is 5.09. The van der Waals surface area contributed by atoms with Gasteiger partial charge in [0.25, 0.3) is 3.79 Å². The van der Waals surface area contributed by atoms with Crippen molar-refractivity contribution in [2.24, 2.45) is 0 Å². The molecule has 0 saturated heterocycles. The van der Waals surface area contributed by atoms with Gasteiger partial charge in [-0.05, 0) is 35.9 Å². The highest BCUT2D eigenvalue weighted by molar-refractivity contribution is 6.76. The van der Waals surface area contributed by atoms with Crippen LogP contribution in [0.3, 0.4) is 0 Å². The Morgan fingerprint density at radius 3 is 2.43 bits per heavy atom. The monoisotopic (exact) mass is 477 g/mol. The molecule has 0 saturated carbocycles. The van der Waals surface area contributed by atoms with E-state index in [-0.39, 0.29) is 12.2 Å². The third-order valence-corrected chi connectivity index (χ3v) is 4.37. The van der Waals surface area contributed by atoms with E-state index in [1.165, 1.54) is 44.6 Å². The van der Waals surface area contributed by atoms with E-state index in [0.29, 0.717) is 23.5 Å². The van der Waals surface area contributed by atoms with Gasteiger partial charge in [-0.25, -0.2) is 9.18 Å². The van der Waals surface area contributed by atoms with Crippen molar-refractivity contribution in [3.05, 3.63) is 65.0 Å². The Bertz CT molecular complexity index is 904. The van der Waals surface area contributed by atoms with E-state index >= 15 is 0 Å². The maximum Gasteiger partial charge on any atom is 0.337 e. The normalized spacial score (nSPS) is 12.2. The molecule has 1 N–H and O–H groups in total. The summed E-state index contributed by atoms with van der Waals surface area (Å²) in [6, 6.07) is 10.0. The van der Waals surface area contributed by atoms with Crippen LogP contribution in [0.2, 0.25) is 0 Å². The van der Waals surface area contributed by atoms with Crippen molar-refractivity contribution in [2.75, 3.05) is 27.4 Å². The molecule has 162 valence electrons. The van der Waals surface area contributed by atoms with Crippen molar-refractivity contribution >= 4 is 46.7 Å². The van der Waals surface area contributed by atoms with E-state index in [1.807, 2.05) is 0 Å². The van der Waals surface area contributed by atoms with Gasteiger partial charge < -0.3 is 18.9 Å². The number of esters is 1. The molecule has 0 amide bonds. The lowest BCUT2D eigenvalue weighted by Crippen LogP contribution is -2.24. The molecule has 10 heteroatoms. The number of ether oxygens (including phenoxy) is 4. The SMILES string of the molecule is COCCOc1cc(C(=O)OC)cc(C(OC(=N)C(Cl)(Cl)Cl)c2cccc(F)c2)c1. The standard InChI is InChI=1S/C20H19Cl3FNO5/c1-27-6-7-29-16-10-13(8-14(11-16)18(26)28-2)17(30-19(25)20(21,22)23)12-4-3-5-15(24)9-12/h3-5,8-11,17,25H,6-7H2,1-2H3. The Balaban J connectivity index is 2.55. The predicted molar refractivity (Wildman–Crippen MR) is 112 cm³/mol. The molecule has 0 aliphatic carbocycles. The van der Waals surface area contributed by atoms with Gasteiger partial charge in [-0.2, -0.15) is 0 Å². The zero-order valence-electron chi connectivity index (χ0n) is 16.1. The van der Waals surface area contributed by atoms with Crippen molar-refractivity contribution in [1.82, 2.24) is 0 Å². The molecule has 2 rings (SSSR count). The molecule has 2 aromatic rings. The van der Waals surface area contributed by atoms with Gasteiger partial charge in [-0.1, -0.05) is 46.9 Å². The highest BCUT2D eigenvalue weighted by atomic mass is 35.6. The second kappa shape index (κ2) is 10.8. The van der Waals surface area contributed by atoms with Gasteiger partial charge in [0.05, 0.1) is 19.3 Å². The van der Waals surface area contributed by atoms with Crippen LogP contribution < -0.4 is 4.74 Å². The zero-order valence-corrected chi connectivity index (χ0v) is 18.4. The van der Waals surface area contributed by atoms with E-state index in [1.54, 1.807) is 12.1 Å². The maximum absolute atomic E-state index is 13.9. The van der Waals surface area contributed by atoms with Crippen LogP contribution in [0.25, 0.3) is 0 Å². The van der Waals surface area contributed by atoms with E-state index in [2.05, 4.69) is 0 Å². The molecule has 0 fully saturated rings. The number of alkyl halides is 3. The van der Waals surface area contributed by atoms with Crippen molar-refractivity contribution in [3.63, 3.8) is 0 Å². The molecule has 0 aliphatic rings. The first-order valence-electron chi connectivity index (χ1n) is 8.58. The van der Waals surface area contributed by atoms with Crippen LogP contribution in [-0.2, 0) is 14.2 Å². The quantitative estimate of drug-likeness (QED) is 0.188. The summed E-state index contributed by atoms with van der Waals surface area (Å²) in [6.07, 6.45) is -1.07. The van der Waals surface area contributed by atoms with Crippen molar-refractivity contribution in [3.8, 4) is 5.75 Å². The molecule has 0 bridgehead atoms. The van der Waals surface area contributed by atoms with Gasteiger partial charge >= 0.3 is 5.97 Å². The molecule has 0 radical (unpaired) electrons. The van der Waals surface area contributed by atoms with Gasteiger partial charge in [0.15, 0.2) is 6.10 Å². The summed E-state index contributed by atoms with van der Waals surface area (Å²) in [6.45, 7) is 0.537. The molecule has 0 aliphatic heterocycles. The third kappa shape index (κ3) is 6.74. The van der Waals surface area contributed by atoms with Crippen LogP contribution >= 0.6 is 34.8 Å². The summed E-state index contributed by atoms with van der Waals surface area (Å²) >= 11 is 17.2.